The van der Waals surface area contributed by atoms with Crippen LogP contribution in [0.15, 0.2) is 42.5 Å². The first-order valence-corrected chi connectivity index (χ1v) is 7.74. The van der Waals surface area contributed by atoms with Crippen molar-refractivity contribution in [3.63, 3.8) is 0 Å². The molecule has 1 aliphatic carbocycles. The van der Waals surface area contributed by atoms with E-state index in [1.165, 1.54) is 27.4 Å². The molecule has 1 aliphatic rings. The highest BCUT2D eigenvalue weighted by atomic mass is 14.8. The van der Waals surface area contributed by atoms with Gasteiger partial charge in [0.15, 0.2) is 0 Å². The van der Waals surface area contributed by atoms with E-state index in [1.54, 1.807) is 0 Å². The summed E-state index contributed by atoms with van der Waals surface area (Å²) in [5.41, 5.74) is 16.0. The second-order valence-corrected chi connectivity index (χ2v) is 6.31. The average molecular weight is 279 g/mol. The molecule has 1 aromatic heterocycles. The minimum atomic E-state index is 0.127. The highest BCUT2D eigenvalue weighted by molar-refractivity contribution is 6.07. The molecule has 1 saturated carbocycles. The number of benzene rings is 2. The zero-order valence-electron chi connectivity index (χ0n) is 12.0. The van der Waals surface area contributed by atoms with Crippen molar-refractivity contribution in [2.45, 2.75) is 37.3 Å². The van der Waals surface area contributed by atoms with Gasteiger partial charge in [0.25, 0.3) is 0 Å². The molecule has 0 amide bonds. The van der Waals surface area contributed by atoms with Gasteiger partial charge in [-0.3, -0.25) is 0 Å². The van der Waals surface area contributed by atoms with E-state index in [0.29, 0.717) is 5.92 Å². The van der Waals surface area contributed by atoms with Crippen molar-refractivity contribution in [2.24, 2.45) is 11.5 Å². The molecule has 3 aromatic rings. The van der Waals surface area contributed by atoms with Gasteiger partial charge < -0.3 is 16.5 Å². The number of H-pyrrole nitrogens is 1. The molecule has 0 bridgehead atoms. The topological polar surface area (TPSA) is 67.8 Å². The third kappa shape index (κ3) is 2.13. The van der Waals surface area contributed by atoms with Crippen molar-refractivity contribution in [1.82, 2.24) is 4.98 Å². The Labute approximate surface area is 124 Å². The summed E-state index contributed by atoms with van der Waals surface area (Å²) in [7, 11) is 0. The standard InChI is InChI=1S/C18H21N3/c19-15-8-6-11(9-16(15)20)12-5-7-14-13-3-1-2-4-17(13)21-18(14)10-12/h1-5,7,10-11,15-16,21H,6,8-9,19-20H2. The Morgan fingerprint density at radius 1 is 0.857 bits per heavy atom. The van der Waals surface area contributed by atoms with Crippen LogP contribution in [0.5, 0.6) is 0 Å². The van der Waals surface area contributed by atoms with Gasteiger partial charge in [0.05, 0.1) is 0 Å². The molecule has 1 heterocycles. The molecular weight excluding hydrogens is 258 g/mol. The minimum absolute atomic E-state index is 0.127. The predicted molar refractivity (Wildman–Crippen MR) is 88.3 cm³/mol. The van der Waals surface area contributed by atoms with Crippen molar-refractivity contribution < 1.29 is 0 Å². The monoisotopic (exact) mass is 279 g/mol. The molecule has 3 heteroatoms. The van der Waals surface area contributed by atoms with E-state index in [1.807, 2.05) is 0 Å². The van der Waals surface area contributed by atoms with Gasteiger partial charge in [-0.05, 0) is 42.9 Å². The zero-order chi connectivity index (χ0) is 14.4. The summed E-state index contributed by atoms with van der Waals surface area (Å²) in [5, 5.41) is 2.59. The van der Waals surface area contributed by atoms with Crippen molar-refractivity contribution in [2.75, 3.05) is 0 Å². The van der Waals surface area contributed by atoms with Gasteiger partial charge in [-0.15, -0.1) is 0 Å². The lowest BCUT2D eigenvalue weighted by Gasteiger charge is -2.32. The maximum atomic E-state index is 6.15. The molecule has 2 aromatic carbocycles. The van der Waals surface area contributed by atoms with Crippen LogP contribution in [0.2, 0.25) is 0 Å². The molecule has 0 spiro atoms. The van der Waals surface area contributed by atoms with Crippen LogP contribution < -0.4 is 11.5 Å². The molecule has 4 rings (SSSR count). The second-order valence-electron chi connectivity index (χ2n) is 6.31. The number of nitrogens with two attached hydrogens (primary N) is 2. The average Bonchev–Trinajstić information content (AvgIpc) is 2.87. The van der Waals surface area contributed by atoms with Crippen molar-refractivity contribution in [3.8, 4) is 0 Å². The summed E-state index contributed by atoms with van der Waals surface area (Å²) in [6, 6.07) is 15.5. The number of fused-ring (bicyclic) bond motifs is 3. The summed E-state index contributed by atoms with van der Waals surface area (Å²) in [6.07, 6.45) is 3.16. The van der Waals surface area contributed by atoms with Gasteiger partial charge in [0.2, 0.25) is 0 Å². The highest BCUT2D eigenvalue weighted by Crippen LogP contribution is 2.34. The van der Waals surface area contributed by atoms with Crippen molar-refractivity contribution in [1.29, 1.82) is 0 Å². The Balaban J connectivity index is 1.75. The van der Waals surface area contributed by atoms with Crippen LogP contribution in [0.4, 0.5) is 0 Å². The third-order valence-corrected chi connectivity index (χ3v) is 4.96. The molecule has 108 valence electrons. The fourth-order valence-corrected chi connectivity index (χ4v) is 3.66. The van der Waals surface area contributed by atoms with Crippen LogP contribution >= 0.6 is 0 Å². The van der Waals surface area contributed by atoms with E-state index >= 15 is 0 Å². The van der Waals surface area contributed by atoms with E-state index in [2.05, 4.69) is 47.4 Å². The van der Waals surface area contributed by atoms with Crippen LogP contribution in [0, 0.1) is 0 Å². The maximum absolute atomic E-state index is 6.15. The smallest absolute Gasteiger partial charge is 0.0467 e. The van der Waals surface area contributed by atoms with Gasteiger partial charge in [0.1, 0.15) is 0 Å². The number of aromatic amines is 1. The first-order chi connectivity index (χ1) is 10.2. The number of rotatable bonds is 1. The number of para-hydroxylation sites is 1. The first kappa shape index (κ1) is 12.9. The van der Waals surface area contributed by atoms with Gasteiger partial charge in [-0.2, -0.15) is 0 Å². The van der Waals surface area contributed by atoms with Gasteiger partial charge in [-0.1, -0.05) is 30.3 Å². The van der Waals surface area contributed by atoms with E-state index in [-0.39, 0.29) is 12.1 Å². The molecule has 0 aliphatic heterocycles. The fraction of sp³-hybridized carbons (Fsp3) is 0.333. The number of aromatic nitrogens is 1. The van der Waals surface area contributed by atoms with Crippen LogP contribution in [0.25, 0.3) is 21.8 Å². The normalized spacial score (nSPS) is 26.5. The SMILES string of the molecule is NC1CCC(c2ccc3c(c2)[nH]c2ccccc23)CC1N. The van der Waals surface area contributed by atoms with Crippen molar-refractivity contribution >= 4 is 21.8 Å². The molecule has 3 unspecified atom stereocenters. The Morgan fingerprint density at radius 3 is 2.52 bits per heavy atom. The lowest BCUT2D eigenvalue weighted by atomic mass is 9.79. The molecule has 5 N–H and O–H groups in total. The van der Waals surface area contributed by atoms with Gasteiger partial charge >= 0.3 is 0 Å². The number of hydrogen-bond donors (Lipinski definition) is 3. The summed E-state index contributed by atoms with van der Waals surface area (Å²) >= 11 is 0. The summed E-state index contributed by atoms with van der Waals surface area (Å²) in [5.74, 6) is 0.538. The molecule has 1 fully saturated rings. The van der Waals surface area contributed by atoms with E-state index in [9.17, 15) is 0 Å². The van der Waals surface area contributed by atoms with E-state index in [0.717, 1.165) is 19.3 Å². The summed E-state index contributed by atoms with van der Waals surface area (Å²) < 4.78 is 0. The van der Waals surface area contributed by atoms with Crippen LogP contribution in [0.3, 0.4) is 0 Å². The molecule has 21 heavy (non-hydrogen) atoms. The molecule has 0 radical (unpaired) electrons. The Bertz CT molecular complexity index is 789. The Kier molecular flexibility index (Phi) is 2.98. The van der Waals surface area contributed by atoms with Crippen LogP contribution in [-0.4, -0.2) is 17.1 Å². The fourth-order valence-electron chi connectivity index (χ4n) is 3.66. The Hall–Kier alpha value is -1.84. The van der Waals surface area contributed by atoms with Gasteiger partial charge in [-0.25, -0.2) is 0 Å². The van der Waals surface area contributed by atoms with Crippen molar-refractivity contribution in [3.05, 3.63) is 48.0 Å². The first-order valence-electron chi connectivity index (χ1n) is 7.74. The second kappa shape index (κ2) is 4.86. The van der Waals surface area contributed by atoms with Gasteiger partial charge in [0, 0.05) is 33.9 Å². The summed E-state index contributed by atoms with van der Waals surface area (Å²) in [6.45, 7) is 0. The molecular formula is C18H21N3. The van der Waals surface area contributed by atoms with E-state index < -0.39 is 0 Å². The zero-order valence-corrected chi connectivity index (χ0v) is 12.0. The highest BCUT2D eigenvalue weighted by Gasteiger charge is 2.26. The number of nitrogens with one attached hydrogen (secondary N) is 1. The molecule has 3 atom stereocenters. The number of hydrogen-bond acceptors (Lipinski definition) is 2. The molecule has 3 nitrogen and oxygen atoms in total. The quantitative estimate of drug-likeness (QED) is 0.640. The van der Waals surface area contributed by atoms with Crippen LogP contribution in [-0.2, 0) is 0 Å². The lowest BCUT2D eigenvalue weighted by Crippen LogP contribution is -2.45. The van der Waals surface area contributed by atoms with E-state index in [4.69, 9.17) is 11.5 Å². The third-order valence-electron chi connectivity index (χ3n) is 4.96. The lowest BCUT2D eigenvalue weighted by molar-refractivity contribution is 0.347. The maximum Gasteiger partial charge on any atom is 0.0467 e. The minimum Gasteiger partial charge on any atom is -0.355 e. The van der Waals surface area contributed by atoms with Crippen LogP contribution in [0.1, 0.15) is 30.7 Å². The summed E-state index contributed by atoms with van der Waals surface area (Å²) in [4.78, 5) is 3.52. The Morgan fingerprint density at radius 2 is 1.67 bits per heavy atom. The largest absolute Gasteiger partial charge is 0.355 e. The predicted octanol–water partition coefficient (Wildman–Crippen LogP) is 3.24. The molecule has 0 saturated heterocycles.